The highest BCUT2D eigenvalue weighted by atomic mass is 35.5. The molecule has 0 aliphatic rings. The molecule has 0 spiro atoms. The molecule has 15 heteroatoms. The van der Waals surface area contributed by atoms with Gasteiger partial charge in [0.1, 0.15) is 23.3 Å². The molecule has 0 unspecified atom stereocenters. The molecular weight excluding hydrogens is 564 g/mol. The number of carbonyl (C=O) groups is 2. The second-order valence-electron chi connectivity index (χ2n) is 8.25. The number of halogens is 1. The maximum absolute atomic E-state index is 12.0. The van der Waals surface area contributed by atoms with Gasteiger partial charge < -0.3 is 31.5 Å². The second kappa shape index (κ2) is 16.9. The molecule has 0 saturated heterocycles. The van der Waals surface area contributed by atoms with Crippen molar-refractivity contribution in [2.75, 3.05) is 24.7 Å². The molecule has 0 aliphatic heterocycles. The van der Waals surface area contributed by atoms with Crippen LogP contribution in [0, 0.1) is 13.8 Å². The molecule has 0 saturated carbocycles. The number of nitrogens with two attached hydrogens (primary N) is 2. The zero-order chi connectivity index (χ0) is 28.2. The standard InChI is InChI=1S/C24H34N8O4S2.ClH/c1-15(31(13-35)11-19-9-27-17(3)29-23(19)25)21(5-7-33)37-38-22(6-8-34)16(2)32(14-36)12-20-10-28-18(4)30-24(20)26;/h9-10,13-14,33-34H,5-8,11-12H2,1-4H3,(H2,25,27,29)(H2,26,28,30);1H. The first-order chi connectivity index (χ1) is 18.1. The van der Waals surface area contributed by atoms with E-state index in [4.69, 9.17) is 11.5 Å². The van der Waals surface area contributed by atoms with Crippen LogP contribution in [0.1, 0.15) is 49.5 Å². The fourth-order valence-electron chi connectivity index (χ4n) is 3.30. The van der Waals surface area contributed by atoms with Crippen molar-refractivity contribution in [3.05, 3.63) is 56.4 Å². The molecule has 0 fully saturated rings. The van der Waals surface area contributed by atoms with Crippen molar-refractivity contribution in [3.63, 3.8) is 0 Å². The minimum Gasteiger partial charge on any atom is -0.396 e. The van der Waals surface area contributed by atoms with E-state index in [1.54, 1.807) is 40.1 Å². The molecule has 214 valence electrons. The van der Waals surface area contributed by atoms with Gasteiger partial charge in [0.2, 0.25) is 12.8 Å². The van der Waals surface area contributed by atoms with Gasteiger partial charge in [0.25, 0.3) is 0 Å². The Hall–Kier alpha value is -2.91. The fraction of sp³-hybridized carbons (Fsp3) is 0.417. The third kappa shape index (κ3) is 9.97. The molecule has 39 heavy (non-hydrogen) atoms. The third-order valence-corrected chi connectivity index (χ3v) is 8.50. The Balaban J connectivity index is 0.00000760. The number of hydrogen-bond acceptors (Lipinski definition) is 12. The molecule has 2 aromatic rings. The van der Waals surface area contributed by atoms with Crippen LogP contribution in [0.2, 0.25) is 0 Å². The quantitative estimate of drug-likeness (QED) is 0.174. The van der Waals surface area contributed by atoms with Gasteiger partial charge in [0, 0.05) is 70.8 Å². The Bertz CT molecular complexity index is 1110. The summed E-state index contributed by atoms with van der Waals surface area (Å²) in [5.74, 6) is 1.65. The molecule has 2 heterocycles. The van der Waals surface area contributed by atoms with Gasteiger partial charge in [-0.3, -0.25) is 9.59 Å². The van der Waals surface area contributed by atoms with Crippen LogP contribution < -0.4 is 11.5 Å². The number of rotatable bonds is 15. The number of aliphatic hydroxyl groups is 2. The number of amides is 2. The van der Waals surface area contributed by atoms with Crippen LogP contribution >= 0.6 is 34.0 Å². The van der Waals surface area contributed by atoms with Crippen molar-refractivity contribution in [1.82, 2.24) is 29.7 Å². The summed E-state index contributed by atoms with van der Waals surface area (Å²) in [4.78, 5) is 45.0. The summed E-state index contributed by atoms with van der Waals surface area (Å²) >= 11 is 0. The van der Waals surface area contributed by atoms with E-state index in [2.05, 4.69) is 19.9 Å². The maximum Gasteiger partial charge on any atom is 0.214 e. The summed E-state index contributed by atoms with van der Waals surface area (Å²) in [7, 11) is 2.69. The summed E-state index contributed by atoms with van der Waals surface area (Å²) < 4.78 is 0. The Morgan fingerprint density at radius 2 is 1.18 bits per heavy atom. The van der Waals surface area contributed by atoms with Gasteiger partial charge in [0.15, 0.2) is 0 Å². The van der Waals surface area contributed by atoms with E-state index in [-0.39, 0.29) is 38.7 Å². The number of hydrogen-bond donors (Lipinski definition) is 4. The minimum absolute atomic E-state index is 0. The van der Waals surface area contributed by atoms with Gasteiger partial charge >= 0.3 is 0 Å². The van der Waals surface area contributed by atoms with Gasteiger partial charge in [0.05, 0.1) is 13.1 Å². The van der Waals surface area contributed by atoms with E-state index in [0.29, 0.717) is 71.5 Å². The Labute approximate surface area is 242 Å². The molecule has 2 amide bonds. The number of carbonyl (C=O) groups excluding carboxylic acids is 2. The van der Waals surface area contributed by atoms with Crippen molar-refractivity contribution in [1.29, 1.82) is 0 Å². The Morgan fingerprint density at radius 1 is 0.821 bits per heavy atom. The summed E-state index contributed by atoms with van der Waals surface area (Å²) in [6, 6.07) is 0. The zero-order valence-electron chi connectivity index (χ0n) is 22.3. The van der Waals surface area contributed by atoms with E-state index >= 15 is 0 Å². The lowest BCUT2D eigenvalue weighted by Gasteiger charge is -2.24. The lowest BCUT2D eigenvalue weighted by molar-refractivity contribution is -0.117. The molecule has 2 aromatic heterocycles. The van der Waals surface area contributed by atoms with Crippen LogP contribution in [0.15, 0.2) is 33.6 Å². The molecule has 0 atom stereocenters. The van der Waals surface area contributed by atoms with E-state index in [1.807, 2.05) is 0 Å². The minimum atomic E-state index is -0.131. The summed E-state index contributed by atoms with van der Waals surface area (Å²) in [6.45, 7) is 7.08. The Morgan fingerprint density at radius 3 is 1.46 bits per heavy atom. The van der Waals surface area contributed by atoms with Crippen LogP contribution in [0.25, 0.3) is 0 Å². The summed E-state index contributed by atoms with van der Waals surface area (Å²) in [6.07, 6.45) is 5.15. The number of nitrogens with zero attached hydrogens (tertiary/aromatic N) is 6. The van der Waals surface area contributed by atoms with E-state index in [0.717, 1.165) is 9.81 Å². The topological polar surface area (TPSA) is 185 Å². The summed E-state index contributed by atoms with van der Waals surface area (Å²) in [5.41, 5.74) is 14.5. The van der Waals surface area contributed by atoms with Crippen molar-refractivity contribution in [3.8, 4) is 0 Å². The molecule has 12 nitrogen and oxygen atoms in total. The number of anilines is 2. The van der Waals surface area contributed by atoms with Gasteiger partial charge in [-0.2, -0.15) is 0 Å². The molecular formula is C24H35ClN8O4S2. The molecule has 2 rings (SSSR count). The molecule has 6 N–H and O–H groups in total. The first kappa shape index (κ1) is 34.1. The highest BCUT2D eigenvalue weighted by Crippen LogP contribution is 2.42. The molecule has 0 bridgehead atoms. The average Bonchev–Trinajstić information content (AvgIpc) is 2.88. The lowest BCUT2D eigenvalue weighted by Crippen LogP contribution is -2.22. The first-order valence-electron chi connectivity index (χ1n) is 11.7. The number of aryl methyl sites for hydroxylation is 2. The van der Waals surface area contributed by atoms with E-state index < -0.39 is 0 Å². The molecule has 0 radical (unpaired) electrons. The molecule has 0 aromatic carbocycles. The van der Waals surface area contributed by atoms with Crippen molar-refractivity contribution in [2.45, 2.75) is 53.6 Å². The normalized spacial score (nSPS) is 12.2. The van der Waals surface area contributed by atoms with Crippen LogP contribution in [-0.2, 0) is 22.7 Å². The number of allylic oxidation sites excluding steroid dienone is 2. The summed E-state index contributed by atoms with van der Waals surface area (Å²) in [5, 5.41) is 19.4. The maximum atomic E-state index is 12.0. The number of nitrogen functional groups attached to an aromatic ring is 2. The average molecular weight is 599 g/mol. The smallest absolute Gasteiger partial charge is 0.214 e. The number of aliphatic hydroxyl groups excluding tert-OH is 2. The Kier molecular flexibility index (Phi) is 14.8. The van der Waals surface area contributed by atoms with Gasteiger partial charge in [-0.15, -0.1) is 12.4 Å². The second-order valence-corrected chi connectivity index (χ2v) is 10.6. The van der Waals surface area contributed by atoms with Gasteiger partial charge in [-0.1, -0.05) is 21.6 Å². The van der Waals surface area contributed by atoms with Crippen molar-refractivity contribution >= 4 is 58.5 Å². The van der Waals surface area contributed by atoms with Crippen molar-refractivity contribution < 1.29 is 19.8 Å². The SMILES string of the molecule is CC(=C(CCO)SSC(CCO)=C(C)N(C=O)Cc1cnc(C)nc1N)N(C=O)Cc1cnc(C)nc1N.Cl. The first-order valence-corrected chi connectivity index (χ1v) is 13.9. The third-order valence-electron chi connectivity index (χ3n) is 5.56. The van der Waals surface area contributed by atoms with Crippen molar-refractivity contribution in [2.24, 2.45) is 0 Å². The van der Waals surface area contributed by atoms with Gasteiger partial charge in [-0.05, 0) is 27.7 Å². The predicted molar refractivity (Wildman–Crippen MR) is 157 cm³/mol. The van der Waals surface area contributed by atoms with E-state index in [1.165, 1.54) is 31.4 Å². The van der Waals surface area contributed by atoms with Crippen LogP contribution in [0.5, 0.6) is 0 Å². The lowest BCUT2D eigenvalue weighted by atomic mass is 10.2. The number of aromatic nitrogens is 4. The monoisotopic (exact) mass is 598 g/mol. The fourth-order valence-corrected chi connectivity index (χ4v) is 6.15. The van der Waals surface area contributed by atoms with E-state index in [9.17, 15) is 19.8 Å². The van der Waals surface area contributed by atoms with Gasteiger partial charge in [-0.25, -0.2) is 19.9 Å². The zero-order valence-corrected chi connectivity index (χ0v) is 24.8. The molecule has 0 aliphatic carbocycles. The highest BCUT2D eigenvalue weighted by Gasteiger charge is 2.18. The highest BCUT2D eigenvalue weighted by molar-refractivity contribution is 8.79. The largest absolute Gasteiger partial charge is 0.396 e. The van der Waals surface area contributed by atoms with Crippen LogP contribution in [0.4, 0.5) is 11.6 Å². The predicted octanol–water partition coefficient (Wildman–Crippen LogP) is 2.70. The van der Waals surface area contributed by atoms with Crippen LogP contribution in [0.3, 0.4) is 0 Å². The van der Waals surface area contributed by atoms with Crippen LogP contribution in [-0.4, -0.2) is 66.0 Å².